The van der Waals surface area contributed by atoms with E-state index < -0.39 is 12.9 Å². The van der Waals surface area contributed by atoms with Gasteiger partial charge in [-0.25, -0.2) is 4.57 Å². The van der Waals surface area contributed by atoms with Crippen molar-refractivity contribution >= 4 is 18.2 Å². The highest BCUT2D eigenvalue weighted by Gasteiger charge is 2.23. The number of aromatic hydroxyl groups is 2. The SMILES string of the molecule is O=P(O)(O)Sc1cccc(O)c1C(O)Cc1ccc(O)cc1. The minimum absolute atomic E-state index is 0.0731. The number of aliphatic hydroxyl groups is 1. The molecule has 2 rings (SSSR count). The second-order valence-electron chi connectivity index (χ2n) is 4.66. The first kappa shape index (κ1) is 16.9. The summed E-state index contributed by atoms with van der Waals surface area (Å²) in [6.45, 7) is -4.40. The highest BCUT2D eigenvalue weighted by molar-refractivity contribution is 8.54. The van der Waals surface area contributed by atoms with Gasteiger partial charge in [-0.1, -0.05) is 18.2 Å². The third-order valence-electron chi connectivity index (χ3n) is 2.96. The summed E-state index contributed by atoms with van der Waals surface area (Å²) >= 11 is 0.290. The molecule has 0 amide bonds. The lowest BCUT2D eigenvalue weighted by atomic mass is 10.0. The summed E-state index contributed by atoms with van der Waals surface area (Å²) in [5.41, 5.74) is 0.782. The standard InChI is InChI=1S/C14H15O6PS/c15-10-6-4-9(5-7-10)8-12(17)14-11(16)2-1-3-13(14)22-21(18,19)20/h1-7,12,15-17H,8H2,(H2,18,19,20). The zero-order valence-electron chi connectivity index (χ0n) is 11.3. The largest absolute Gasteiger partial charge is 0.508 e. The Balaban J connectivity index is 2.30. The maximum atomic E-state index is 11.1. The molecular formula is C14H15O6PS. The maximum Gasteiger partial charge on any atom is 0.388 e. The molecule has 118 valence electrons. The lowest BCUT2D eigenvalue weighted by Gasteiger charge is -2.17. The van der Waals surface area contributed by atoms with Crippen LogP contribution in [0.5, 0.6) is 11.5 Å². The Hall–Kier alpha value is -1.50. The minimum atomic E-state index is -4.40. The van der Waals surface area contributed by atoms with E-state index in [2.05, 4.69) is 0 Å². The summed E-state index contributed by atoms with van der Waals surface area (Å²) in [5.74, 6) is -0.136. The Morgan fingerprint density at radius 3 is 2.27 bits per heavy atom. The number of benzene rings is 2. The lowest BCUT2D eigenvalue weighted by molar-refractivity contribution is 0.171. The van der Waals surface area contributed by atoms with E-state index in [0.29, 0.717) is 5.56 Å². The van der Waals surface area contributed by atoms with Crippen LogP contribution in [0.15, 0.2) is 47.4 Å². The van der Waals surface area contributed by atoms with Gasteiger partial charge in [0.2, 0.25) is 0 Å². The van der Waals surface area contributed by atoms with Crippen molar-refractivity contribution in [1.29, 1.82) is 0 Å². The van der Waals surface area contributed by atoms with E-state index in [-0.39, 0.29) is 39.8 Å². The molecule has 0 radical (unpaired) electrons. The first-order valence-electron chi connectivity index (χ1n) is 6.29. The predicted molar refractivity (Wildman–Crippen MR) is 82.8 cm³/mol. The molecule has 0 fully saturated rings. The molecule has 0 aliphatic carbocycles. The molecule has 0 aromatic heterocycles. The van der Waals surface area contributed by atoms with E-state index >= 15 is 0 Å². The van der Waals surface area contributed by atoms with Gasteiger partial charge in [0.25, 0.3) is 0 Å². The van der Waals surface area contributed by atoms with Crippen LogP contribution in [0.4, 0.5) is 0 Å². The first-order chi connectivity index (χ1) is 10.3. The van der Waals surface area contributed by atoms with Crippen molar-refractivity contribution in [2.75, 3.05) is 0 Å². The molecule has 2 aromatic rings. The molecule has 0 spiro atoms. The molecule has 22 heavy (non-hydrogen) atoms. The molecule has 6 nitrogen and oxygen atoms in total. The highest BCUT2D eigenvalue weighted by Crippen LogP contribution is 2.56. The Morgan fingerprint density at radius 1 is 1.05 bits per heavy atom. The van der Waals surface area contributed by atoms with Crippen molar-refractivity contribution in [3.05, 3.63) is 53.6 Å². The second-order valence-corrected chi connectivity index (χ2v) is 8.24. The molecule has 2 aromatic carbocycles. The van der Waals surface area contributed by atoms with E-state index in [0.717, 1.165) is 0 Å². The zero-order chi connectivity index (χ0) is 16.3. The summed E-state index contributed by atoms with van der Waals surface area (Å²) in [5, 5.41) is 29.5. The monoisotopic (exact) mass is 342 g/mol. The molecule has 0 aliphatic heterocycles. The van der Waals surface area contributed by atoms with Crippen LogP contribution < -0.4 is 0 Å². The predicted octanol–water partition coefficient (Wildman–Crippen LogP) is 2.56. The molecule has 0 aliphatic rings. The third-order valence-corrected chi connectivity index (χ3v) is 5.05. The summed E-state index contributed by atoms with van der Waals surface area (Å²) in [4.78, 5) is 18.3. The van der Waals surface area contributed by atoms with Crippen LogP contribution in [0, 0.1) is 0 Å². The Morgan fingerprint density at radius 2 is 1.68 bits per heavy atom. The van der Waals surface area contributed by atoms with Gasteiger partial charge in [-0.2, -0.15) is 0 Å². The molecule has 1 atom stereocenters. The smallest absolute Gasteiger partial charge is 0.388 e. The molecule has 0 saturated heterocycles. The van der Waals surface area contributed by atoms with Crippen LogP contribution in [0.1, 0.15) is 17.2 Å². The topological polar surface area (TPSA) is 118 Å². The zero-order valence-corrected chi connectivity index (χ0v) is 13.0. The fourth-order valence-corrected chi connectivity index (χ4v) is 4.01. The van der Waals surface area contributed by atoms with Crippen LogP contribution >= 0.6 is 18.2 Å². The number of hydrogen-bond acceptors (Lipinski definition) is 5. The van der Waals surface area contributed by atoms with E-state index in [1.165, 1.54) is 30.3 Å². The first-order valence-corrected chi connectivity index (χ1v) is 9.32. The number of hydrogen-bond donors (Lipinski definition) is 5. The van der Waals surface area contributed by atoms with Crippen molar-refractivity contribution in [2.24, 2.45) is 0 Å². The van der Waals surface area contributed by atoms with Gasteiger partial charge in [-0.05, 0) is 41.2 Å². The third kappa shape index (κ3) is 4.50. The van der Waals surface area contributed by atoms with Crippen LogP contribution in [-0.2, 0) is 11.0 Å². The lowest BCUT2D eigenvalue weighted by Crippen LogP contribution is -2.04. The minimum Gasteiger partial charge on any atom is -0.508 e. The van der Waals surface area contributed by atoms with Crippen LogP contribution in [0.25, 0.3) is 0 Å². The van der Waals surface area contributed by atoms with E-state index in [9.17, 15) is 19.9 Å². The van der Waals surface area contributed by atoms with Crippen molar-refractivity contribution in [2.45, 2.75) is 17.4 Å². The number of phenols is 2. The maximum absolute atomic E-state index is 11.1. The number of phenolic OH excluding ortho intramolecular Hbond substituents is 2. The van der Waals surface area contributed by atoms with Crippen molar-refractivity contribution in [3.8, 4) is 11.5 Å². The van der Waals surface area contributed by atoms with Gasteiger partial charge in [0.15, 0.2) is 0 Å². The van der Waals surface area contributed by atoms with Crippen LogP contribution in [0.2, 0.25) is 0 Å². The summed E-state index contributed by atoms with van der Waals surface area (Å²) in [7, 11) is 0. The van der Waals surface area contributed by atoms with Crippen LogP contribution in [0.3, 0.4) is 0 Å². The quantitative estimate of drug-likeness (QED) is 0.530. The Bertz CT molecular complexity index is 697. The number of rotatable bonds is 5. The summed E-state index contributed by atoms with van der Waals surface area (Å²) in [6.07, 6.45) is -1.01. The van der Waals surface area contributed by atoms with Crippen molar-refractivity contribution < 1.29 is 29.7 Å². The molecule has 0 bridgehead atoms. The molecule has 0 heterocycles. The van der Waals surface area contributed by atoms with Crippen molar-refractivity contribution in [1.82, 2.24) is 0 Å². The fourth-order valence-electron chi connectivity index (χ4n) is 2.03. The molecular weight excluding hydrogens is 327 g/mol. The second kappa shape index (κ2) is 6.73. The van der Waals surface area contributed by atoms with Gasteiger partial charge in [-0.3, -0.25) is 0 Å². The molecule has 1 unspecified atom stereocenters. The normalized spacial score (nSPS) is 13.0. The van der Waals surface area contributed by atoms with Gasteiger partial charge in [0.1, 0.15) is 11.5 Å². The van der Waals surface area contributed by atoms with Gasteiger partial charge >= 0.3 is 6.80 Å². The summed E-state index contributed by atoms with van der Waals surface area (Å²) < 4.78 is 11.1. The highest BCUT2D eigenvalue weighted by atomic mass is 32.7. The molecule has 5 N–H and O–H groups in total. The van der Waals surface area contributed by atoms with Gasteiger partial charge in [0, 0.05) is 16.9 Å². The van der Waals surface area contributed by atoms with Gasteiger partial charge in [-0.15, -0.1) is 0 Å². The Labute approximate surface area is 131 Å². The van der Waals surface area contributed by atoms with Crippen LogP contribution in [-0.4, -0.2) is 25.1 Å². The van der Waals surface area contributed by atoms with E-state index in [1.807, 2.05) is 0 Å². The average molecular weight is 342 g/mol. The van der Waals surface area contributed by atoms with Gasteiger partial charge in [0.05, 0.1) is 6.10 Å². The van der Waals surface area contributed by atoms with Gasteiger partial charge < -0.3 is 25.1 Å². The van der Waals surface area contributed by atoms with E-state index in [4.69, 9.17) is 9.79 Å². The van der Waals surface area contributed by atoms with Crippen molar-refractivity contribution in [3.63, 3.8) is 0 Å². The summed E-state index contributed by atoms with van der Waals surface area (Å²) in [6, 6.07) is 10.4. The molecule has 8 heteroatoms. The number of aliphatic hydroxyl groups excluding tert-OH is 1. The van der Waals surface area contributed by atoms with E-state index in [1.54, 1.807) is 12.1 Å². The average Bonchev–Trinajstić information content (AvgIpc) is 2.39. The molecule has 0 saturated carbocycles. The Kier molecular flexibility index (Phi) is 5.16. The fraction of sp³-hybridized carbons (Fsp3) is 0.143.